The Bertz CT molecular complexity index is 628. The van der Waals surface area contributed by atoms with Crippen molar-refractivity contribution in [1.82, 2.24) is 4.98 Å². The summed E-state index contributed by atoms with van der Waals surface area (Å²) < 4.78 is 0. The highest BCUT2D eigenvalue weighted by Crippen LogP contribution is 2.28. The molecule has 1 atom stereocenters. The van der Waals surface area contributed by atoms with Crippen LogP contribution in [0.1, 0.15) is 17.2 Å². The maximum atomic E-state index is 10.3. The molecule has 0 aliphatic rings. The summed E-state index contributed by atoms with van der Waals surface area (Å²) in [6.45, 7) is 0. The van der Waals surface area contributed by atoms with Gasteiger partial charge in [-0.3, -0.25) is 4.98 Å². The van der Waals surface area contributed by atoms with Crippen molar-refractivity contribution in [3.8, 4) is 0 Å². The Balaban J connectivity index is 2.17. The molecule has 3 aromatic rings. The lowest BCUT2D eigenvalue weighted by Gasteiger charge is -2.11. The molecular formula is C14H11NOS. The van der Waals surface area contributed by atoms with Crippen LogP contribution < -0.4 is 0 Å². The summed E-state index contributed by atoms with van der Waals surface area (Å²) >= 11 is 1.59. The van der Waals surface area contributed by atoms with Crippen molar-refractivity contribution in [3.05, 3.63) is 64.6 Å². The van der Waals surface area contributed by atoms with Crippen molar-refractivity contribution in [1.29, 1.82) is 0 Å². The predicted molar refractivity (Wildman–Crippen MR) is 70.1 cm³/mol. The topological polar surface area (TPSA) is 33.1 Å². The molecule has 2 heterocycles. The highest BCUT2D eigenvalue weighted by Gasteiger charge is 2.13. The molecule has 0 spiro atoms. The van der Waals surface area contributed by atoms with Gasteiger partial charge in [0.2, 0.25) is 0 Å². The Morgan fingerprint density at radius 2 is 2.00 bits per heavy atom. The maximum absolute atomic E-state index is 10.3. The monoisotopic (exact) mass is 241 g/mol. The predicted octanol–water partition coefficient (Wildman–Crippen LogP) is 3.38. The molecule has 1 unspecified atom stereocenters. The summed E-state index contributed by atoms with van der Waals surface area (Å²) in [5, 5.41) is 16.4. The Morgan fingerprint density at radius 1 is 1.12 bits per heavy atom. The van der Waals surface area contributed by atoms with E-state index in [1.54, 1.807) is 17.5 Å². The summed E-state index contributed by atoms with van der Waals surface area (Å²) in [4.78, 5) is 4.19. The molecule has 0 radical (unpaired) electrons. The average Bonchev–Trinajstić information content (AvgIpc) is 2.91. The van der Waals surface area contributed by atoms with Gasteiger partial charge >= 0.3 is 0 Å². The number of hydrogen-bond donors (Lipinski definition) is 1. The number of fused-ring (bicyclic) bond motifs is 1. The zero-order chi connectivity index (χ0) is 11.7. The second-order valence-corrected chi connectivity index (χ2v) is 4.69. The van der Waals surface area contributed by atoms with Crippen molar-refractivity contribution in [2.45, 2.75) is 6.10 Å². The molecule has 84 valence electrons. The summed E-state index contributed by atoms with van der Waals surface area (Å²) in [5.41, 5.74) is 1.79. The highest BCUT2D eigenvalue weighted by atomic mass is 32.1. The van der Waals surface area contributed by atoms with Crippen molar-refractivity contribution >= 4 is 22.1 Å². The van der Waals surface area contributed by atoms with E-state index in [9.17, 15) is 5.11 Å². The maximum Gasteiger partial charge on any atom is 0.107 e. The van der Waals surface area contributed by atoms with Crippen LogP contribution in [0.4, 0.5) is 0 Å². The molecule has 1 N–H and O–H groups in total. The van der Waals surface area contributed by atoms with E-state index in [0.717, 1.165) is 21.9 Å². The minimum Gasteiger partial charge on any atom is -0.384 e. The number of thiophene rings is 1. The summed E-state index contributed by atoms with van der Waals surface area (Å²) in [7, 11) is 0. The normalized spacial score (nSPS) is 12.8. The fourth-order valence-corrected chi connectivity index (χ4v) is 2.65. The van der Waals surface area contributed by atoms with Crippen LogP contribution in [-0.2, 0) is 0 Å². The van der Waals surface area contributed by atoms with Crippen molar-refractivity contribution in [3.63, 3.8) is 0 Å². The molecule has 3 rings (SSSR count). The molecule has 1 aromatic carbocycles. The lowest BCUT2D eigenvalue weighted by atomic mass is 10.0. The van der Waals surface area contributed by atoms with Gasteiger partial charge in [-0.05, 0) is 27.8 Å². The first-order valence-electron chi connectivity index (χ1n) is 5.39. The number of nitrogens with zero attached hydrogens (tertiary/aromatic N) is 1. The van der Waals surface area contributed by atoms with Crippen LogP contribution in [0.25, 0.3) is 10.8 Å². The van der Waals surface area contributed by atoms with Crippen LogP contribution in [0.2, 0.25) is 0 Å². The molecule has 0 saturated heterocycles. The van der Waals surface area contributed by atoms with Crippen molar-refractivity contribution in [2.75, 3.05) is 0 Å². The standard InChI is InChI=1S/C14H11NOS/c16-14(11-5-6-17-9-11)13-8-15-7-10-3-1-2-4-12(10)13/h1-9,14,16H. The van der Waals surface area contributed by atoms with Crippen molar-refractivity contribution < 1.29 is 5.11 Å². The van der Waals surface area contributed by atoms with E-state index in [1.165, 1.54) is 0 Å². The van der Waals surface area contributed by atoms with Crippen LogP contribution in [0, 0.1) is 0 Å². The van der Waals surface area contributed by atoms with Gasteiger partial charge in [0, 0.05) is 23.3 Å². The zero-order valence-electron chi connectivity index (χ0n) is 9.08. The molecule has 0 bridgehead atoms. The molecule has 0 amide bonds. The van der Waals surface area contributed by atoms with E-state index in [1.807, 2.05) is 47.3 Å². The van der Waals surface area contributed by atoms with Crippen molar-refractivity contribution in [2.24, 2.45) is 0 Å². The van der Waals surface area contributed by atoms with Crippen LogP contribution in [-0.4, -0.2) is 10.1 Å². The molecule has 0 fully saturated rings. The first-order valence-corrected chi connectivity index (χ1v) is 6.33. The summed E-state index contributed by atoms with van der Waals surface area (Å²) in [5.74, 6) is 0. The van der Waals surface area contributed by atoms with Gasteiger partial charge in [0.05, 0.1) is 0 Å². The van der Waals surface area contributed by atoms with E-state index in [0.29, 0.717) is 0 Å². The molecule has 0 aliphatic heterocycles. The SMILES string of the molecule is OC(c1ccsc1)c1cncc2ccccc12. The Labute approximate surface area is 103 Å². The smallest absolute Gasteiger partial charge is 0.107 e. The first-order chi connectivity index (χ1) is 8.36. The van der Waals surface area contributed by atoms with Gasteiger partial charge in [-0.15, -0.1) is 0 Å². The summed E-state index contributed by atoms with van der Waals surface area (Å²) in [6, 6.07) is 9.92. The van der Waals surface area contributed by atoms with Gasteiger partial charge < -0.3 is 5.11 Å². The van der Waals surface area contributed by atoms with E-state index < -0.39 is 6.10 Å². The van der Waals surface area contributed by atoms with Crippen LogP contribution >= 0.6 is 11.3 Å². The Hall–Kier alpha value is -1.71. The largest absolute Gasteiger partial charge is 0.384 e. The third kappa shape index (κ3) is 1.84. The van der Waals surface area contributed by atoms with Crippen LogP contribution in [0.5, 0.6) is 0 Å². The molecule has 3 heteroatoms. The van der Waals surface area contributed by atoms with Gasteiger partial charge in [0.15, 0.2) is 0 Å². The average molecular weight is 241 g/mol. The highest BCUT2D eigenvalue weighted by molar-refractivity contribution is 7.07. The Morgan fingerprint density at radius 3 is 2.82 bits per heavy atom. The van der Waals surface area contributed by atoms with E-state index in [2.05, 4.69) is 4.98 Å². The lowest BCUT2D eigenvalue weighted by molar-refractivity contribution is 0.222. The minimum absolute atomic E-state index is 0.597. The molecule has 2 aromatic heterocycles. The van der Waals surface area contributed by atoms with Crippen LogP contribution in [0.15, 0.2) is 53.5 Å². The lowest BCUT2D eigenvalue weighted by Crippen LogP contribution is -1.99. The number of pyridine rings is 1. The molecular weight excluding hydrogens is 230 g/mol. The second kappa shape index (κ2) is 4.28. The quantitative estimate of drug-likeness (QED) is 0.746. The van der Waals surface area contributed by atoms with E-state index >= 15 is 0 Å². The second-order valence-electron chi connectivity index (χ2n) is 3.91. The summed E-state index contributed by atoms with van der Waals surface area (Å²) in [6.07, 6.45) is 2.96. The number of benzene rings is 1. The minimum atomic E-state index is -0.597. The van der Waals surface area contributed by atoms with Gasteiger partial charge in [-0.25, -0.2) is 0 Å². The van der Waals surface area contributed by atoms with E-state index in [-0.39, 0.29) is 0 Å². The zero-order valence-corrected chi connectivity index (χ0v) is 9.89. The van der Waals surface area contributed by atoms with E-state index in [4.69, 9.17) is 0 Å². The molecule has 0 saturated carbocycles. The molecule has 17 heavy (non-hydrogen) atoms. The third-order valence-corrected chi connectivity index (χ3v) is 3.55. The number of aromatic nitrogens is 1. The first kappa shape index (κ1) is 10.4. The number of aliphatic hydroxyl groups is 1. The molecule has 0 aliphatic carbocycles. The number of rotatable bonds is 2. The van der Waals surface area contributed by atoms with Gasteiger partial charge in [0.25, 0.3) is 0 Å². The Kier molecular flexibility index (Phi) is 2.63. The van der Waals surface area contributed by atoms with Gasteiger partial charge in [0.1, 0.15) is 6.10 Å². The fraction of sp³-hybridized carbons (Fsp3) is 0.0714. The number of aliphatic hydroxyl groups excluding tert-OH is 1. The van der Waals surface area contributed by atoms with Gasteiger partial charge in [-0.2, -0.15) is 11.3 Å². The van der Waals surface area contributed by atoms with Crippen LogP contribution in [0.3, 0.4) is 0 Å². The van der Waals surface area contributed by atoms with Gasteiger partial charge in [-0.1, -0.05) is 24.3 Å². The number of hydrogen-bond acceptors (Lipinski definition) is 3. The third-order valence-electron chi connectivity index (χ3n) is 2.85. The fourth-order valence-electron chi connectivity index (χ4n) is 1.97. The molecule has 2 nitrogen and oxygen atoms in total.